The molecule has 0 spiro atoms. The smallest absolute Gasteiger partial charge is 0.200 e. The Labute approximate surface area is 96.1 Å². The molecule has 1 aromatic heterocycles. The molecule has 0 saturated carbocycles. The van der Waals surface area contributed by atoms with Gasteiger partial charge in [0.2, 0.25) is 5.82 Å². The molecule has 1 aromatic carbocycles. The van der Waals surface area contributed by atoms with Crippen LogP contribution in [0.1, 0.15) is 5.69 Å². The first kappa shape index (κ1) is 11.3. The van der Waals surface area contributed by atoms with Gasteiger partial charge >= 0.3 is 0 Å². The second kappa shape index (κ2) is 4.73. The Hall–Kier alpha value is -2.24. The first-order valence-electron chi connectivity index (χ1n) is 4.80. The number of anilines is 1. The molecule has 2 rings (SSSR count). The minimum atomic E-state index is -1.02. The van der Waals surface area contributed by atoms with Crippen LogP contribution in [0, 0.1) is 11.6 Å². The SMILES string of the molecule is Nc1cnc(COc2cccc(F)c2F)cn1. The predicted molar refractivity (Wildman–Crippen MR) is 57.1 cm³/mol. The predicted octanol–water partition coefficient (Wildman–Crippen LogP) is 1.92. The first-order valence-corrected chi connectivity index (χ1v) is 4.80. The highest BCUT2D eigenvalue weighted by Gasteiger charge is 2.08. The minimum absolute atomic E-state index is 0.00630. The summed E-state index contributed by atoms with van der Waals surface area (Å²) in [6.07, 6.45) is 2.77. The molecule has 0 bridgehead atoms. The van der Waals surface area contributed by atoms with Crippen molar-refractivity contribution < 1.29 is 13.5 Å². The van der Waals surface area contributed by atoms with Crippen molar-refractivity contribution in [3.8, 4) is 5.75 Å². The number of nitrogen functional groups attached to an aromatic ring is 1. The lowest BCUT2D eigenvalue weighted by atomic mass is 10.3. The van der Waals surface area contributed by atoms with Crippen LogP contribution in [0.2, 0.25) is 0 Å². The topological polar surface area (TPSA) is 61.0 Å². The maximum Gasteiger partial charge on any atom is 0.200 e. The normalized spacial score (nSPS) is 10.2. The number of nitrogens with two attached hydrogens (primary N) is 1. The van der Waals surface area contributed by atoms with Gasteiger partial charge in [0.25, 0.3) is 0 Å². The zero-order valence-electron chi connectivity index (χ0n) is 8.73. The van der Waals surface area contributed by atoms with Gasteiger partial charge in [-0.25, -0.2) is 9.37 Å². The van der Waals surface area contributed by atoms with E-state index in [0.29, 0.717) is 5.69 Å². The van der Waals surface area contributed by atoms with Crippen LogP contribution in [0.5, 0.6) is 5.75 Å². The van der Waals surface area contributed by atoms with E-state index < -0.39 is 11.6 Å². The van der Waals surface area contributed by atoms with Gasteiger partial charge in [0.15, 0.2) is 11.6 Å². The molecule has 6 heteroatoms. The average molecular weight is 237 g/mol. The number of halogens is 2. The Morgan fingerprint density at radius 2 is 2.00 bits per heavy atom. The van der Waals surface area contributed by atoms with E-state index in [4.69, 9.17) is 10.5 Å². The third-order valence-electron chi connectivity index (χ3n) is 2.02. The molecule has 0 unspecified atom stereocenters. The van der Waals surface area contributed by atoms with Crippen molar-refractivity contribution in [3.63, 3.8) is 0 Å². The fourth-order valence-electron chi connectivity index (χ4n) is 1.19. The molecule has 0 saturated heterocycles. The van der Waals surface area contributed by atoms with Gasteiger partial charge in [-0.05, 0) is 12.1 Å². The molecule has 0 aliphatic rings. The molecule has 88 valence electrons. The van der Waals surface area contributed by atoms with Crippen LogP contribution in [0.15, 0.2) is 30.6 Å². The second-order valence-corrected chi connectivity index (χ2v) is 3.27. The molecule has 0 fully saturated rings. The highest BCUT2D eigenvalue weighted by atomic mass is 19.2. The van der Waals surface area contributed by atoms with Crippen LogP contribution in [0.4, 0.5) is 14.6 Å². The van der Waals surface area contributed by atoms with Crippen molar-refractivity contribution in [1.29, 1.82) is 0 Å². The zero-order valence-corrected chi connectivity index (χ0v) is 8.73. The summed E-state index contributed by atoms with van der Waals surface area (Å²) >= 11 is 0. The maximum absolute atomic E-state index is 13.2. The number of hydrogen-bond donors (Lipinski definition) is 1. The fourth-order valence-corrected chi connectivity index (χ4v) is 1.19. The number of benzene rings is 1. The van der Waals surface area contributed by atoms with Crippen LogP contribution in [-0.2, 0) is 6.61 Å². The number of ether oxygens (including phenoxy) is 1. The Balaban J connectivity index is 2.07. The Morgan fingerprint density at radius 3 is 2.71 bits per heavy atom. The molecular weight excluding hydrogens is 228 g/mol. The molecule has 17 heavy (non-hydrogen) atoms. The summed E-state index contributed by atoms with van der Waals surface area (Å²) in [5.74, 6) is -1.85. The van der Waals surface area contributed by atoms with Gasteiger partial charge in [-0.15, -0.1) is 0 Å². The molecule has 0 amide bonds. The van der Waals surface area contributed by atoms with Gasteiger partial charge in [-0.3, -0.25) is 4.98 Å². The van der Waals surface area contributed by atoms with Crippen molar-refractivity contribution in [1.82, 2.24) is 9.97 Å². The zero-order chi connectivity index (χ0) is 12.3. The Morgan fingerprint density at radius 1 is 1.18 bits per heavy atom. The molecule has 1 heterocycles. The molecule has 0 aliphatic heterocycles. The van der Waals surface area contributed by atoms with Gasteiger partial charge < -0.3 is 10.5 Å². The van der Waals surface area contributed by atoms with Crippen molar-refractivity contribution in [2.75, 3.05) is 5.73 Å². The van der Waals surface area contributed by atoms with Crippen LogP contribution < -0.4 is 10.5 Å². The van der Waals surface area contributed by atoms with Crippen LogP contribution in [0.25, 0.3) is 0 Å². The van der Waals surface area contributed by atoms with E-state index >= 15 is 0 Å². The van der Waals surface area contributed by atoms with Crippen molar-refractivity contribution >= 4 is 5.82 Å². The van der Waals surface area contributed by atoms with Gasteiger partial charge in [-0.1, -0.05) is 6.07 Å². The third kappa shape index (κ3) is 2.66. The Bertz CT molecular complexity index is 517. The number of hydrogen-bond acceptors (Lipinski definition) is 4. The first-order chi connectivity index (χ1) is 8.16. The molecular formula is C11H9F2N3O. The molecule has 0 aliphatic carbocycles. The molecule has 4 nitrogen and oxygen atoms in total. The lowest BCUT2D eigenvalue weighted by molar-refractivity contribution is 0.280. The number of rotatable bonds is 3. The van der Waals surface area contributed by atoms with Gasteiger partial charge in [-0.2, -0.15) is 4.39 Å². The summed E-state index contributed by atoms with van der Waals surface area (Å²) in [6.45, 7) is -0.00630. The van der Waals surface area contributed by atoms with E-state index in [9.17, 15) is 8.78 Å². The monoisotopic (exact) mass is 237 g/mol. The van der Waals surface area contributed by atoms with Crippen molar-refractivity contribution in [2.24, 2.45) is 0 Å². The lowest BCUT2D eigenvalue weighted by Crippen LogP contribution is -2.02. The van der Waals surface area contributed by atoms with Crippen LogP contribution in [0.3, 0.4) is 0 Å². The van der Waals surface area contributed by atoms with Crippen LogP contribution >= 0.6 is 0 Å². The van der Waals surface area contributed by atoms with Gasteiger partial charge in [0, 0.05) is 0 Å². The van der Waals surface area contributed by atoms with Gasteiger partial charge in [0.05, 0.1) is 18.1 Å². The molecule has 0 radical (unpaired) electrons. The lowest BCUT2D eigenvalue weighted by Gasteiger charge is -2.06. The summed E-state index contributed by atoms with van der Waals surface area (Å²) in [5, 5.41) is 0. The minimum Gasteiger partial charge on any atom is -0.484 e. The van der Waals surface area contributed by atoms with Crippen LogP contribution in [-0.4, -0.2) is 9.97 Å². The molecule has 2 N–H and O–H groups in total. The highest BCUT2D eigenvalue weighted by molar-refractivity contribution is 5.26. The average Bonchev–Trinajstić information content (AvgIpc) is 2.33. The summed E-state index contributed by atoms with van der Waals surface area (Å²) in [4.78, 5) is 7.72. The van der Waals surface area contributed by atoms with Gasteiger partial charge in [0.1, 0.15) is 12.4 Å². The van der Waals surface area contributed by atoms with Crippen molar-refractivity contribution in [2.45, 2.75) is 6.61 Å². The highest BCUT2D eigenvalue weighted by Crippen LogP contribution is 2.19. The van der Waals surface area contributed by atoms with E-state index in [1.807, 2.05) is 0 Å². The summed E-state index contributed by atoms with van der Waals surface area (Å²) in [7, 11) is 0. The quantitative estimate of drug-likeness (QED) is 0.885. The van der Waals surface area contributed by atoms with E-state index in [1.54, 1.807) is 0 Å². The summed E-state index contributed by atoms with van der Waals surface area (Å²) < 4.78 is 31.2. The fraction of sp³-hybridized carbons (Fsp3) is 0.0909. The molecule has 0 atom stereocenters. The molecule has 2 aromatic rings. The summed E-state index contributed by atoms with van der Waals surface area (Å²) in [5.41, 5.74) is 5.83. The second-order valence-electron chi connectivity index (χ2n) is 3.27. The van der Waals surface area contributed by atoms with E-state index in [-0.39, 0.29) is 18.2 Å². The third-order valence-corrected chi connectivity index (χ3v) is 2.02. The largest absolute Gasteiger partial charge is 0.484 e. The standard InChI is InChI=1S/C11H9F2N3O/c12-8-2-1-3-9(11(8)13)17-6-7-4-16-10(14)5-15-7/h1-5H,6H2,(H2,14,16). The number of aromatic nitrogens is 2. The number of nitrogens with zero attached hydrogens (tertiary/aromatic N) is 2. The maximum atomic E-state index is 13.2. The Kier molecular flexibility index (Phi) is 3.13. The van der Waals surface area contributed by atoms with Crippen molar-refractivity contribution in [3.05, 3.63) is 47.9 Å². The van der Waals surface area contributed by atoms with E-state index in [1.165, 1.54) is 24.5 Å². The summed E-state index contributed by atoms with van der Waals surface area (Å²) in [6, 6.07) is 3.72. The van der Waals surface area contributed by atoms with E-state index in [2.05, 4.69) is 9.97 Å². The van der Waals surface area contributed by atoms with E-state index in [0.717, 1.165) is 6.07 Å².